The Kier molecular flexibility index (Phi) is 7.40. The van der Waals surface area contributed by atoms with E-state index in [2.05, 4.69) is 17.4 Å². The quantitative estimate of drug-likeness (QED) is 0.800. The van der Waals surface area contributed by atoms with Crippen LogP contribution in [0.15, 0.2) is 24.3 Å². The number of benzene rings is 1. The SMILES string of the molecule is CCOc1ccc(CN(C)CC(=O)NCC2CCCCC2)cc1. The van der Waals surface area contributed by atoms with Gasteiger partial charge in [-0.05, 0) is 50.4 Å². The Balaban J connectivity index is 1.68. The van der Waals surface area contributed by atoms with Crippen LogP contribution >= 0.6 is 0 Å². The van der Waals surface area contributed by atoms with Gasteiger partial charge in [-0.2, -0.15) is 0 Å². The van der Waals surface area contributed by atoms with Gasteiger partial charge in [0.2, 0.25) is 5.91 Å². The fourth-order valence-corrected chi connectivity index (χ4v) is 3.18. The van der Waals surface area contributed by atoms with E-state index >= 15 is 0 Å². The molecule has 0 aromatic heterocycles. The second-order valence-corrected chi connectivity index (χ2v) is 6.56. The van der Waals surface area contributed by atoms with Gasteiger partial charge >= 0.3 is 0 Å². The van der Waals surface area contributed by atoms with Crippen molar-refractivity contribution in [2.45, 2.75) is 45.6 Å². The van der Waals surface area contributed by atoms with Gasteiger partial charge in [-0.25, -0.2) is 0 Å². The molecule has 0 saturated heterocycles. The molecule has 1 fully saturated rings. The molecule has 1 aliphatic carbocycles. The highest BCUT2D eigenvalue weighted by Gasteiger charge is 2.14. The van der Waals surface area contributed by atoms with Crippen LogP contribution in [0.2, 0.25) is 0 Å². The molecule has 1 aromatic carbocycles. The van der Waals surface area contributed by atoms with Crippen molar-refractivity contribution in [3.8, 4) is 5.75 Å². The first-order chi connectivity index (χ1) is 11.2. The number of hydrogen-bond acceptors (Lipinski definition) is 3. The first-order valence-corrected chi connectivity index (χ1v) is 8.84. The fraction of sp³-hybridized carbons (Fsp3) is 0.632. The molecular formula is C19H30N2O2. The largest absolute Gasteiger partial charge is 0.494 e. The van der Waals surface area contributed by atoms with E-state index < -0.39 is 0 Å². The smallest absolute Gasteiger partial charge is 0.234 e. The second kappa shape index (κ2) is 9.56. The lowest BCUT2D eigenvalue weighted by Gasteiger charge is -2.22. The van der Waals surface area contributed by atoms with Crippen LogP contribution in [0.25, 0.3) is 0 Å². The van der Waals surface area contributed by atoms with Crippen LogP contribution in [0.1, 0.15) is 44.6 Å². The first kappa shape index (κ1) is 17.8. The molecule has 0 aliphatic heterocycles. The van der Waals surface area contributed by atoms with Crippen LogP contribution in [0.4, 0.5) is 0 Å². The highest BCUT2D eigenvalue weighted by molar-refractivity contribution is 5.77. The number of carbonyl (C=O) groups excluding carboxylic acids is 1. The molecule has 0 unspecified atom stereocenters. The minimum absolute atomic E-state index is 0.129. The molecule has 128 valence electrons. The third-order valence-corrected chi connectivity index (χ3v) is 4.41. The lowest BCUT2D eigenvalue weighted by Crippen LogP contribution is -2.37. The average molecular weight is 318 g/mol. The van der Waals surface area contributed by atoms with Gasteiger partial charge in [0.15, 0.2) is 0 Å². The Hall–Kier alpha value is -1.55. The van der Waals surface area contributed by atoms with Crippen molar-refractivity contribution in [3.63, 3.8) is 0 Å². The monoisotopic (exact) mass is 318 g/mol. The summed E-state index contributed by atoms with van der Waals surface area (Å²) in [6.45, 7) is 4.72. The Bertz CT molecular complexity index is 467. The van der Waals surface area contributed by atoms with Gasteiger partial charge in [-0.15, -0.1) is 0 Å². The summed E-state index contributed by atoms with van der Waals surface area (Å²) in [6.07, 6.45) is 6.52. The van der Waals surface area contributed by atoms with Gasteiger partial charge in [0.05, 0.1) is 13.2 Å². The molecule has 1 saturated carbocycles. The number of nitrogens with zero attached hydrogens (tertiary/aromatic N) is 1. The highest BCUT2D eigenvalue weighted by atomic mass is 16.5. The highest BCUT2D eigenvalue weighted by Crippen LogP contribution is 2.22. The van der Waals surface area contributed by atoms with Crippen molar-refractivity contribution in [2.75, 3.05) is 26.7 Å². The fourth-order valence-electron chi connectivity index (χ4n) is 3.18. The van der Waals surface area contributed by atoms with E-state index in [-0.39, 0.29) is 5.91 Å². The van der Waals surface area contributed by atoms with Crippen molar-refractivity contribution in [1.29, 1.82) is 0 Å². The Morgan fingerprint density at radius 2 is 1.91 bits per heavy atom. The third-order valence-electron chi connectivity index (χ3n) is 4.41. The predicted molar refractivity (Wildman–Crippen MR) is 93.5 cm³/mol. The molecule has 1 amide bonds. The number of likely N-dealkylation sites (N-methyl/N-ethyl adjacent to an activating group) is 1. The predicted octanol–water partition coefficient (Wildman–Crippen LogP) is 3.21. The molecular weight excluding hydrogens is 288 g/mol. The number of ether oxygens (including phenoxy) is 1. The van der Waals surface area contributed by atoms with Crippen molar-refractivity contribution in [2.24, 2.45) is 5.92 Å². The summed E-state index contributed by atoms with van der Waals surface area (Å²) in [6, 6.07) is 8.08. The van der Waals surface area contributed by atoms with Gasteiger partial charge in [-0.1, -0.05) is 31.4 Å². The molecule has 1 N–H and O–H groups in total. The van der Waals surface area contributed by atoms with E-state index in [1.807, 2.05) is 31.0 Å². The van der Waals surface area contributed by atoms with Crippen LogP contribution in [0.5, 0.6) is 5.75 Å². The van der Waals surface area contributed by atoms with E-state index in [0.717, 1.165) is 18.8 Å². The summed E-state index contributed by atoms with van der Waals surface area (Å²) in [5, 5.41) is 3.09. The molecule has 0 spiro atoms. The van der Waals surface area contributed by atoms with Crippen molar-refractivity contribution in [1.82, 2.24) is 10.2 Å². The Morgan fingerprint density at radius 3 is 2.57 bits per heavy atom. The number of carbonyl (C=O) groups is 1. The maximum Gasteiger partial charge on any atom is 0.234 e. The zero-order valence-corrected chi connectivity index (χ0v) is 14.5. The minimum Gasteiger partial charge on any atom is -0.494 e. The van der Waals surface area contributed by atoms with Gasteiger partial charge in [-0.3, -0.25) is 9.69 Å². The van der Waals surface area contributed by atoms with Crippen LogP contribution in [-0.4, -0.2) is 37.6 Å². The number of hydrogen-bond donors (Lipinski definition) is 1. The summed E-state index contributed by atoms with van der Waals surface area (Å²) in [7, 11) is 1.98. The van der Waals surface area contributed by atoms with Crippen LogP contribution in [0, 0.1) is 5.92 Å². The lowest BCUT2D eigenvalue weighted by molar-refractivity contribution is -0.122. The lowest BCUT2D eigenvalue weighted by atomic mass is 9.89. The number of rotatable bonds is 8. The van der Waals surface area contributed by atoms with Crippen LogP contribution < -0.4 is 10.1 Å². The zero-order valence-electron chi connectivity index (χ0n) is 14.5. The van der Waals surface area contributed by atoms with Crippen LogP contribution in [-0.2, 0) is 11.3 Å². The molecule has 2 rings (SSSR count). The Labute approximate surface area is 140 Å². The minimum atomic E-state index is 0.129. The van der Waals surface area contributed by atoms with E-state index in [9.17, 15) is 4.79 Å². The summed E-state index contributed by atoms with van der Waals surface area (Å²) in [5.74, 6) is 1.71. The van der Waals surface area contributed by atoms with E-state index in [1.165, 1.54) is 37.7 Å². The molecule has 0 atom stereocenters. The summed E-state index contributed by atoms with van der Waals surface area (Å²) in [5.41, 5.74) is 1.19. The summed E-state index contributed by atoms with van der Waals surface area (Å²) >= 11 is 0. The molecule has 0 radical (unpaired) electrons. The molecule has 4 heteroatoms. The second-order valence-electron chi connectivity index (χ2n) is 6.56. The zero-order chi connectivity index (χ0) is 16.5. The topological polar surface area (TPSA) is 41.6 Å². The molecule has 23 heavy (non-hydrogen) atoms. The third kappa shape index (κ3) is 6.61. The van der Waals surface area contributed by atoms with Gasteiger partial charge < -0.3 is 10.1 Å². The standard InChI is InChI=1S/C19H30N2O2/c1-3-23-18-11-9-17(10-12-18)14-21(2)15-19(22)20-13-16-7-5-4-6-8-16/h9-12,16H,3-8,13-15H2,1-2H3,(H,20,22). The van der Waals surface area contributed by atoms with Crippen molar-refractivity contribution in [3.05, 3.63) is 29.8 Å². The first-order valence-electron chi connectivity index (χ1n) is 8.84. The number of nitrogens with one attached hydrogen (secondary N) is 1. The van der Waals surface area contributed by atoms with E-state index in [1.54, 1.807) is 0 Å². The number of amides is 1. The van der Waals surface area contributed by atoms with Crippen LogP contribution in [0.3, 0.4) is 0 Å². The molecule has 1 aliphatic rings. The average Bonchev–Trinajstić information content (AvgIpc) is 2.56. The summed E-state index contributed by atoms with van der Waals surface area (Å²) < 4.78 is 5.44. The van der Waals surface area contributed by atoms with Gasteiger partial charge in [0.1, 0.15) is 5.75 Å². The van der Waals surface area contributed by atoms with Gasteiger partial charge in [0, 0.05) is 13.1 Å². The maximum absolute atomic E-state index is 12.1. The maximum atomic E-state index is 12.1. The van der Waals surface area contributed by atoms with Crippen molar-refractivity contribution < 1.29 is 9.53 Å². The van der Waals surface area contributed by atoms with Crippen molar-refractivity contribution >= 4 is 5.91 Å². The summed E-state index contributed by atoms with van der Waals surface area (Å²) in [4.78, 5) is 14.1. The van der Waals surface area contributed by atoms with E-state index in [4.69, 9.17) is 4.74 Å². The molecule has 0 bridgehead atoms. The Morgan fingerprint density at radius 1 is 1.22 bits per heavy atom. The molecule has 0 heterocycles. The molecule has 4 nitrogen and oxygen atoms in total. The normalized spacial score (nSPS) is 15.6. The molecule has 1 aromatic rings. The van der Waals surface area contributed by atoms with Gasteiger partial charge in [0.25, 0.3) is 0 Å². The van der Waals surface area contributed by atoms with E-state index in [0.29, 0.717) is 19.1 Å².